The van der Waals surface area contributed by atoms with Crippen LogP contribution in [-0.4, -0.2) is 29.8 Å². The quantitative estimate of drug-likeness (QED) is 0.882. The summed E-state index contributed by atoms with van der Waals surface area (Å²) >= 11 is 0. The summed E-state index contributed by atoms with van der Waals surface area (Å²) in [5, 5.41) is 3.01. The Labute approximate surface area is 148 Å². The van der Waals surface area contributed by atoms with Gasteiger partial charge in [0.15, 0.2) is 0 Å². The van der Waals surface area contributed by atoms with Gasteiger partial charge in [-0.3, -0.25) is 9.59 Å². The van der Waals surface area contributed by atoms with Crippen molar-refractivity contribution < 1.29 is 9.59 Å². The maximum Gasteiger partial charge on any atom is 0.225 e. The Bertz CT molecular complexity index is 715. The van der Waals surface area contributed by atoms with Gasteiger partial charge in [0, 0.05) is 26.1 Å². The van der Waals surface area contributed by atoms with Crippen LogP contribution in [0.25, 0.3) is 0 Å². The molecule has 4 nitrogen and oxygen atoms in total. The Kier molecular flexibility index (Phi) is 5.49. The van der Waals surface area contributed by atoms with E-state index in [0.29, 0.717) is 26.1 Å². The summed E-state index contributed by atoms with van der Waals surface area (Å²) in [4.78, 5) is 26.4. The second-order valence-corrected chi connectivity index (χ2v) is 6.72. The first-order valence-corrected chi connectivity index (χ1v) is 8.78. The maximum atomic E-state index is 12.4. The summed E-state index contributed by atoms with van der Waals surface area (Å²) in [5.74, 6) is 0.0358. The second-order valence-electron chi connectivity index (χ2n) is 6.72. The van der Waals surface area contributed by atoms with E-state index in [4.69, 9.17) is 0 Å². The molecule has 3 rings (SSSR count). The van der Waals surface area contributed by atoms with E-state index in [1.807, 2.05) is 48.5 Å². The molecule has 25 heavy (non-hydrogen) atoms. The van der Waals surface area contributed by atoms with Crippen LogP contribution in [0.2, 0.25) is 0 Å². The number of benzene rings is 2. The maximum absolute atomic E-state index is 12.4. The van der Waals surface area contributed by atoms with Gasteiger partial charge in [0.1, 0.15) is 0 Å². The first kappa shape index (κ1) is 17.2. The number of likely N-dealkylation sites (tertiary alicyclic amines) is 1. The molecule has 1 aliphatic rings. The van der Waals surface area contributed by atoms with Gasteiger partial charge in [-0.25, -0.2) is 0 Å². The molecule has 130 valence electrons. The Morgan fingerprint density at radius 3 is 2.44 bits per heavy atom. The normalized spacial score (nSPS) is 18.2. The van der Waals surface area contributed by atoms with Gasteiger partial charge in [-0.05, 0) is 17.0 Å². The minimum absolute atomic E-state index is 0.0216. The molecular weight excluding hydrogens is 312 g/mol. The topological polar surface area (TPSA) is 49.4 Å². The van der Waals surface area contributed by atoms with E-state index in [0.717, 1.165) is 5.56 Å². The Morgan fingerprint density at radius 2 is 1.76 bits per heavy atom. The molecule has 0 unspecified atom stereocenters. The predicted octanol–water partition coefficient (Wildman–Crippen LogP) is 2.96. The van der Waals surface area contributed by atoms with Crippen molar-refractivity contribution in [2.45, 2.75) is 25.8 Å². The molecule has 0 saturated carbocycles. The van der Waals surface area contributed by atoms with Crippen LogP contribution in [0.1, 0.15) is 30.4 Å². The number of nitrogens with zero attached hydrogens (tertiary/aromatic N) is 1. The molecule has 1 fully saturated rings. The van der Waals surface area contributed by atoms with Crippen molar-refractivity contribution in [3.8, 4) is 0 Å². The molecule has 0 aliphatic carbocycles. The van der Waals surface area contributed by atoms with E-state index >= 15 is 0 Å². The molecule has 0 spiro atoms. The number of hydrogen-bond acceptors (Lipinski definition) is 2. The highest BCUT2D eigenvalue weighted by Gasteiger charge is 2.34. The highest BCUT2D eigenvalue weighted by Crippen LogP contribution is 2.21. The Morgan fingerprint density at radius 1 is 1.12 bits per heavy atom. The predicted molar refractivity (Wildman–Crippen MR) is 97.8 cm³/mol. The van der Waals surface area contributed by atoms with Gasteiger partial charge in [0.2, 0.25) is 11.8 Å². The van der Waals surface area contributed by atoms with E-state index in [9.17, 15) is 9.59 Å². The number of rotatable bonds is 6. The van der Waals surface area contributed by atoms with Crippen LogP contribution in [-0.2, 0) is 16.1 Å². The summed E-state index contributed by atoms with van der Waals surface area (Å²) in [6.45, 7) is 3.76. The fourth-order valence-electron chi connectivity index (χ4n) is 3.20. The third-order valence-corrected chi connectivity index (χ3v) is 4.75. The molecule has 2 amide bonds. The van der Waals surface area contributed by atoms with Gasteiger partial charge < -0.3 is 10.2 Å². The molecule has 2 aromatic carbocycles. The summed E-state index contributed by atoms with van der Waals surface area (Å²) in [5.41, 5.74) is 2.30. The van der Waals surface area contributed by atoms with Gasteiger partial charge in [-0.2, -0.15) is 0 Å². The lowest BCUT2D eigenvalue weighted by Gasteiger charge is -2.17. The van der Waals surface area contributed by atoms with Crippen LogP contribution < -0.4 is 5.32 Å². The van der Waals surface area contributed by atoms with Crippen LogP contribution in [0, 0.1) is 5.92 Å². The first-order valence-electron chi connectivity index (χ1n) is 8.78. The fourth-order valence-corrected chi connectivity index (χ4v) is 3.20. The lowest BCUT2D eigenvalue weighted by molar-refractivity contribution is -0.129. The van der Waals surface area contributed by atoms with Crippen molar-refractivity contribution >= 4 is 11.8 Å². The molecule has 1 N–H and O–H groups in total. The van der Waals surface area contributed by atoms with E-state index in [1.165, 1.54) is 5.56 Å². The summed E-state index contributed by atoms with van der Waals surface area (Å²) in [7, 11) is 0. The molecule has 0 aromatic heterocycles. The number of amides is 2. The van der Waals surface area contributed by atoms with E-state index in [2.05, 4.69) is 24.4 Å². The standard InChI is InChI=1S/C21H24N2O2/c1-16(18-10-6-3-7-11-18)13-22-21(25)19-12-20(24)23(15-19)14-17-8-4-2-5-9-17/h2-11,16,19H,12-15H2,1H3,(H,22,25)/t16-,19+/m0/s1. The van der Waals surface area contributed by atoms with E-state index in [1.54, 1.807) is 4.90 Å². The van der Waals surface area contributed by atoms with E-state index in [-0.39, 0.29) is 23.7 Å². The number of hydrogen-bond donors (Lipinski definition) is 1. The van der Waals surface area contributed by atoms with Gasteiger partial charge in [0.05, 0.1) is 5.92 Å². The first-order chi connectivity index (χ1) is 12.1. The Hall–Kier alpha value is -2.62. The molecule has 0 radical (unpaired) electrons. The molecule has 1 aliphatic heterocycles. The number of nitrogens with one attached hydrogen (secondary N) is 1. The molecule has 1 saturated heterocycles. The Balaban J connectivity index is 1.51. The molecule has 2 atom stereocenters. The summed E-state index contributed by atoms with van der Waals surface area (Å²) in [6, 6.07) is 20.0. The average Bonchev–Trinajstić information content (AvgIpc) is 3.01. The largest absolute Gasteiger partial charge is 0.355 e. The van der Waals surface area contributed by atoms with Crippen LogP contribution >= 0.6 is 0 Å². The zero-order valence-corrected chi connectivity index (χ0v) is 14.5. The minimum atomic E-state index is -0.251. The third-order valence-electron chi connectivity index (χ3n) is 4.75. The highest BCUT2D eigenvalue weighted by molar-refractivity contribution is 5.89. The lowest BCUT2D eigenvalue weighted by Crippen LogP contribution is -2.34. The smallest absolute Gasteiger partial charge is 0.225 e. The monoisotopic (exact) mass is 336 g/mol. The molecular formula is C21H24N2O2. The van der Waals surface area contributed by atoms with Gasteiger partial charge in [0.25, 0.3) is 0 Å². The van der Waals surface area contributed by atoms with Crippen molar-refractivity contribution in [1.82, 2.24) is 10.2 Å². The summed E-state index contributed by atoms with van der Waals surface area (Å²) < 4.78 is 0. The molecule has 4 heteroatoms. The average molecular weight is 336 g/mol. The van der Waals surface area contributed by atoms with Crippen LogP contribution in [0.5, 0.6) is 0 Å². The fraction of sp³-hybridized carbons (Fsp3) is 0.333. The molecule has 2 aromatic rings. The molecule has 0 bridgehead atoms. The van der Waals surface area contributed by atoms with Crippen molar-refractivity contribution in [2.24, 2.45) is 5.92 Å². The highest BCUT2D eigenvalue weighted by atomic mass is 16.2. The van der Waals surface area contributed by atoms with Gasteiger partial charge in [-0.1, -0.05) is 67.6 Å². The van der Waals surface area contributed by atoms with E-state index < -0.39 is 0 Å². The van der Waals surface area contributed by atoms with Crippen molar-refractivity contribution in [1.29, 1.82) is 0 Å². The zero-order chi connectivity index (χ0) is 17.6. The second kappa shape index (κ2) is 7.97. The van der Waals surface area contributed by atoms with Crippen molar-refractivity contribution in [2.75, 3.05) is 13.1 Å². The van der Waals surface area contributed by atoms with Crippen LogP contribution in [0.4, 0.5) is 0 Å². The van der Waals surface area contributed by atoms with Crippen LogP contribution in [0.15, 0.2) is 60.7 Å². The SMILES string of the molecule is C[C@@H](CNC(=O)[C@@H]1CC(=O)N(Cc2ccccc2)C1)c1ccccc1. The zero-order valence-electron chi connectivity index (χ0n) is 14.5. The third kappa shape index (κ3) is 4.47. The van der Waals surface area contributed by atoms with Crippen molar-refractivity contribution in [3.05, 3.63) is 71.8 Å². The van der Waals surface area contributed by atoms with Crippen molar-refractivity contribution in [3.63, 3.8) is 0 Å². The number of carbonyl (C=O) groups excluding carboxylic acids is 2. The summed E-state index contributed by atoms with van der Waals surface area (Å²) in [6.07, 6.45) is 0.304. The molecule has 1 heterocycles. The van der Waals surface area contributed by atoms with Crippen LogP contribution in [0.3, 0.4) is 0 Å². The minimum Gasteiger partial charge on any atom is -0.355 e. The van der Waals surface area contributed by atoms with Gasteiger partial charge >= 0.3 is 0 Å². The van der Waals surface area contributed by atoms with Gasteiger partial charge in [-0.15, -0.1) is 0 Å². The number of carbonyl (C=O) groups is 2. The lowest BCUT2D eigenvalue weighted by atomic mass is 10.0.